The normalized spacial score (nSPS) is 11.8. The topological polar surface area (TPSA) is 125 Å². The summed E-state index contributed by atoms with van der Waals surface area (Å²) in [6, 6.07) is 3.53. The summed E-state index contributed by atoms with van der Waals surface area (Å²) in [4.78, 5) is 18.6. The number of nitrogens with two attached hydrogens (primary N) is 2. The Hall–Kier alpha value is -2.90. The second-order valence-electron chi connectivity index (χ2n) is 4.90. The number of methoxy groups -OCH3 is 3. The predicted octanol–water partition coefficient (Wildman–Crippen LogP) is 1.11. The molecule has 0 aliphatic heterocycles. The van der Waals surface area contributed by atoms with E-state index in [-0.39, 0.29) is 23.2 Å². The molecule has 1 unspecified atom stereocenters. The van der Waals surface area contributed by atoms with Crippen molar-refractivity contribution in [3.05, 3.63) is 33.6 Å². The van der Waals surface area contributed by atoms with E-state index in [1.165, 1.54) is 21.3 Å². The lowest BCUT2D eigenvalue weighted by molar-refractivity contribution is 0.321. The number of aromatic amines is 1. The molecular weight excluding hydrogens is 300 g/mol. The van der Waals surface area contributed by atoms with Gasteiger partial charge in [0.15, 0.2) is 11.5 Å². The Bertz CT molecular complexity index is 773. The molecular formula is C15H20N4O4. The fourth-order valence-corrected chi connectivity index (χ4v) is 2.56. The second-order valence-corrected chi connectivity index (χ2v) is 4.90. The molecule has 2 rings (SSSR count). The Morgan fingerprint density at radius 3 is 2.26 bits per heavy atom. The number of hydrogen-bond donors (Lipinski definition) is 3. The first-order chi connectivity index (χ1) is 10.9. The lowest BCUT2D eigenvalue weighted by Gasteiger charge is -2.20. The molecule has 8 nitrogen and oxygen atoms in total. The smallest absolute Gasteiger partial charge is 0.258 e. The maximum atomic E-state index is 12.2. The molecule has 0 saturated carbocycles. The summed E-state index contributed by atoms with van der Waals surface area (Å²) in [7, 11) is 4.57. The first kappa shape index (κ1) is 16.5. The number of aromatic nitrogens is 2. The zero-order valence-electron chi connectivity index (χ0n) is 13.5. The summed E-state index contributed by atoms with van der Waals surface area (Å²) >= 11 is 0. The molecule has 23 heavy (non-hydrogen) atoms. The summed E-state index contributed by atoms with van der Waals surface area (Å²) in [5.41, 5.74) is 12.0. The highest BCUT2D eigenvalue weighted by molar-refractivity contribution is 5.59. The number of nitrogens with one attached hydrogen (secondary N) is 1. The van der Waals surface area contributed by atoms with E-state index in [9.17, 15) is 4.79 Å². The highest BCUT2D eigenvalue weighted by atomic mass is 16.5. The van der Waals surface area contributed by atoms with Crippen molar-refractivity contribution in [1.82, 2.24) is 9.97 Å². The van der Waals surface area contributed by atoms with Gasteiger partial charge in [-0.3, -0.25) is 9.78 Å². The fourth-order valence-electron chi connectivity index (χ4n) is 2.56. The molecule has 124 valence electrons. The van der Waals surface area contributed by atoms with E-state index in [1.807, 2.05) is 6.92 Å². The molecule has 0 saturated heterocycles. The van der Waals surface area contributed by atoms with Gasteiger partial charge in [-0.05, 0) is 6.07 Å². The molecule has 0 aliphatic carbocycles. The van der Waals surface area contributed by atoms with E-state index < -0.39 is 0 Å². The lowest BCUT2D eigenvalue weighted by atomic mass is 9.93. The summed E-state index contributed by atoms with van der Waals surface area (Å²) in [6.07, 6.45) is 0. The Morgan fingerprint density at radius 1 is 1.09 bits per heavy atom. The maximum absolute atomic E-state index is 12.2. The standard InChI is InChI=1S/C15H20N4O4/c1-7(10-13(16)18-15(17)19-14(10)20)8-5-6-9(21-2)12(23-4)11(8)22-3/h5-7H,1-4H3,(H5,16,17,18,19,20). The molecule has 1 aromatic heterocycles. The van der Waals surface area contributed by atoms with Crippen LogP contribution in [0.3, 0.4) is 0 Å². The number of benzene rings is 1. The van der Waals surface area contributed by atoms with E-state index in [2.05, 4.69) is 9.97 Å². The van der Waals surface area contributed by atoms with Gasteiger partial charge < -0.3 is 25.7 Å². The third-order valence-electron chi connectivity index (χ3n) is 3.64. The van der Waals surface area contributed by atoms with Crippen LogP contribution in [0.15, 0.2) is 16.9 Å². The largest absolute Gasteiger partial charge is 0.493 e. The first-order valence-electron chi connectivity index (χ1n) is 6.88. The van der Waals surface area contributed by atoms with Crippen LogP contribution in [0.1, 0.15) is 24.0 Å². The van der Waals surface area contributed by atoms with Crippen molar-refractivity contribution in [3.8, 4) is 17.2 Å². The first-order valence-corrected chi connectivity index (χ1v) is 6.88. The van der Waals surface area contributed by atoms with Gasteiger partial charge in [0.05, 0.1) is 26.9 Å². The van der Waals surface area contributed by atoms with Gasteiger partial charge in [-0.2, -0.15) is 4.98 Å². The molecule has 0 radical (unpaired) electrons. The summed E-state index contributed by atoms with van der Waals surface area (Å²) in [6.45, 7) is 1.82. The van der Waals surface area contributed by atoms with Crippen molar-refractivity contribution in [3.63, 3.8) is 0 Å². The molecule has 0 spiro atoms. The Morgan fingerprint density at radius 2 is 1.74 bits per heavy atom. The third-order valence-corrected chi connectivity index (χ3v) is 3.64. The summed E-state index contributed by atoms with van der Waals surface area (Å²) < 4.78 is 16.1. The quantitative estimate of drug-likeness (QED) is 0.753. The monoisotopic (exact) mass is 320 g/mol. The molecule has 2 aromatic rings. The molecule has 8 heteroatoms. The van der Waals surface area contributed by atoms with Gasteiger partial charge >= 0.3 is 0 Å². The van der Waals surface area contributed by atoms with E-state index in [4.69, 9.17) is 25.7 Å². The lowest BCUT2D eigenvalue weighted by Crippen LogP contribution is -2.21. The molecule has 0 bridgehead atoms. The minimum atomic E-state index is -0.390. The Labute approximate surface area is 133 Å². The number of rotatable bonds is 5. The zero-order valence-corrected chi connectivity index (χ0v) is 13.5. The van der Waals surface area contributed by atoms with Crippen LogP contribution in [0.2, 0.25) is 0 Å². The van der Waals surface area contributed by atoms with Crippen LogP contribution in [-0.2, 0) is 0 Å². The van der Waals surface area contributed by atoms with Crippen molar-refractivity contribution in [2.24, 2.45) is 0 Å². The van der Waals surface area contributed by atoms with Gasteiger partial charge in [-0.1, -0.05) is 13.0 Å². The SMILES string of the molecule is COc1ccc(C(C)c2c(N)nc(N)[nH]c2=O)c(OC)c1OC. The van der Waals surface area contributed by atoms with Gasteiger partial charge in [-0.15, -0.1) is 0 Å². The summed E-state index contributed by atoms with van der Waals surface area (Å²) in [5.74, 6) is 1.10. The highest BCUT2D eigenvalue weighted by Gasteiger charge is 2.24. The molecule has 5 N–H and O–H groups in total. The minimum absolute atomic E-state index is 0.0253. The van der Waals surface area contributed by atoms with Crippen LogP contribution in [-0.4, -0.2) is 31.3 Å². The van der Waals surface area contributed by atoms with Crippen molar-refractivity contribution >= 4 is 11.8 Å². The van der Waals surface area contributed by atoms with Crippen LogP contribution < -0.4 is 31.2 Å². The number of H-pyrrole nitrogens is 1. The zero-order chi connectivity index (χ0) is 17.1. The number of hydrogen-bond acceptors (Lipinski definition) is 7. The number of nitrogen functional groups attached to an aromatic ring is 2. The van der Waals surface area contributed by atoms with Crippen molar-refractivity contribution in [1.29, 1.82) is 0 Å². The average Bonchev–Trinajstić information content (AvgIpc) is 2.51. The van der Waals surface area contributed by atoms with Crippen molar-refractivity contribution < 1.29 is 14.2 Å². The van der Waals surface area contributed by atoms with E-state index in [0.717, 1.165) is 0 Å². The van der Waals surface area contributed by atoms with Crippen LogP contribution in [0.25, 0.3) is 0 Å². The van der Waals surface area contributed by atoms with Gasteiger partial charge in [0.2, 0.25) is 11.7 Å². The van der Waals surface area contributed by atoms with Gasteiger partial charge in [0.1, 0.15) is 5.82 Å². The average molecular weight is 320 g/mol. The molecule has 0 fully saturated rings. The maximum Gasteiger partial charge on any atom is 0.258 e. The fraction of sp³-hybridized carbons (Fsp3) is 0.333. The number of anilines is 2. The van der Waals surface area contributed by atoms with E-state index >= 15 is 0 Å². The van der Waals surface area contributed by atoms with Crippen LogP contribution in [0.4, 0.5) is 11.8 Å². The molecule has 1 aromatic carbocycles. The summed E-state index contributed by atoms with van der Waals surface area (Å²) in [5, 5.41) is 0. The van der Waals surface area contributed by atoms with Crippen LogP contribution >= 0.6 is 0 Å². The van der Waals surface area contributed by atoms with E-state index in [0.29, 0.717) is 28.4 Å². The minimum Gasteiger partial charge on any atom is -0.493 e. The second kappa shape index (κ2) is 6.47. The van der Waals surface area contributed by atoms with Crippen molar-refractivity contribution in [2.45, 2.75) is 12.8 Å². The van der Waals surface area contributed by atoms with Gasteiger partial charge in [0.25, 0.3) is 5.56 Å². The number of nitrogens with zero attached hydrogens (tertiary/aromatic N) is 1. The Balaban J connectivity index is 2.65. The van der Waals surface area contributed by atoms with Crippen LogP contribution in [0, 0.1) is 0 Å². The van der Waals surface area contributed by atoms with Crippen molar-refractivity contribution in [2.75, 3.05) is 32.8 Å². The highest BCUT2D eigenvalue weighted by Crippen LogP contribution is 2.44. The van der Waals surface area contributed by atoms with Gasteiger partial charge in [0, 0.05) is 11.5 Å². The van der Waals surface area contributed by atoms with E-state index in [1.54, 1.807) is 12.1 Å². The molecule has 0 amide bonds. The molecule has 1 atom stereocenters. The molecule has 1 heterocycles. The number of ether oxygens (including phenoxy) is 3. The Kier molecular flexibility index (Phi) is 4.63. The molecule has 0 aliphatic rings. The van der Waals surface area contributed by atoms with Crippen LogP contribution in [0.5, 0.6) is 17.2 Å². The third kappa shape index (κ3) is 2.87. The predicted molar refractivity (Wildman–Crippen MR) is 87.3 cm³/mol. The van der Waals surface area contributed by atoms with Gasteiger partial charge in [-0.25, -0.2) is 0 Å².